The van der Waals surface area contributed by atoms with Crippen molar-refractivity contribution < 1.29 is 43.7 Å². The number of anilines is 3. The van der Waals surface area contributed by atoms with Crippen molar-refractivity contribution in [1.29, 1.82) is 0 Å². The van der Waals surface area contributed by atoms with Gasteiger partial charge in [0.05, 0.1) is 37.5 Å². The molecule has 4 saturated carbocycles. The van der Waals surface area contributed by atoms with Crippen molar-refractivity contribution in [3.05, 3.63) is 70.8 Å². The molecule has 0 radical (unpaired) electrons. The third-order valence-electron chi connectivity index (χ3n) is 16.2. The number of aliphatic hydroxyl groups excluding tert-OH is 1. The number of aromatic nitrogens is 10. The topological polar surface area (TPSA) is 388 Å². The number of nitrogens with two attached hydrogens (primary N) is 2. The zero-order valence-corrected chi connectivity index (χ0v) is 49.9. The van der Waals surface area contributed by atoms with Crippen molar-refractivity contribution in [3.8, 4) is 0 Å². The van der Waals surface area contributed by atoms with Gasteiger partial charge in [-0.25, -0.2) is 39.5 Å². The zero-order valence-electron chi connectivity index (χ0n) is 46.7. The summed E-state index contributed by atoms with van der Waals surface area (Å²) in [5.74, 6) is 3.97. The van der Waals surface area contributed by atoms with Gasteiger partial charge in [0, 0.05) is 63.2 Å². The Labute approximate surface area is 499 Å². The first-order chi connectivity index (χ1) is 40.4. The van der Waals surface area contributed by atoms with Crippen molar-refractivity contribution in [1.82, 2.24) is 64.5 Å². The molecule has 1 saturated heterocycles. The first-order valence-electron chi connectivity index (χ1n) is 28.0. The van der Waals surface area contributed by atoms with Crippen LogP contribution >= 0.6 is 42.6 Å². The largest absolute Gasteiger partial charge is 0.481 e. The molecule has 4 aliphatic carbocycles. The lowest BCUT2D eigenvalue weighted by atomic mass is 9.53. The molecule has 0 spiro atoms. The summed E-state index contributed by atoms with van der Waals surface area (Å²) in [6, 6.07) is 5.16. The number of carbonyl (C=O) groups is 3. The van der Waals surface area contributed by atoms with Crippen molar-refractivity contribution in [2.75, 3.05) is 61.4 Å². The van der Waals surface area contributed by atoms with Gasteiger partial charge in [0.15, 0.2) is 27.7 Å². The number of aromatic amines is 1. The molecule has 8 unspecified atom stereocenters. The van der Waals surface area contributed by atoms with E-state index in [1.54, 1.807) is 47.5 Å². The molecule has 84 heavy (non-hydrogen) atoms. The van der Waals surface area contributed by atoms with E-state index in [2.05, 4.69) is 55.3 Å². The highest BCUT2D eigenvalue weighted by Crippen LogP contribution is 2.58. The highest BCUT2D eigenvalue weighted by molar-refractivity contribution is 7.99. The van der Waals surface area contributed by atoms with Crippen LogP contribution in [0.4, 0.5) is 23.3 Å². The van der Waals surface area contributed by atoms with Crippen molar-refractivity contribution >= 4 is 106 Å². The van der Waals surface area contributed by atoms with E-state index in [9.17, 15) is 39.3 Å². The number of benzene rings is 1. The Kier molecular flexibility index (Phi) is 22.4. The van der Waals surface area contributed by atoms with E-state index in [1.165, 1.54) is 69.6 Å². The summed E-state index contributed by atoms with van der Waals surface area (Å²) >= 11 is 12.4. The lowest BCUT2D eigenvalue weighted by molar-refractivity contribution is -0.392. The maximum Gasteiger partial charge on any atom is 0.396 e. The minimum absolute atomic E-state index is 0.0138. The molecule has 11 rings (SSSR count). The van der Waals surface area contributed by atoms with Crippen LogP contribution < -0.4 is 26.8 Å². The number of aliphatic hydroxyl groups is 1. The van der Waals surface area contributed by atoms with E-state index in [-0.39, 0.29) is 42.1 Å². The Hall–Kier alpha value is -6.39. The summed E-state index contributed by atoms with van der Waals surface area (Å²) in [5, 5.41) is 44.9. The Morgan fingerprint density at radius 3 is 2.31 bits per heavy atom. The molecule has 454 valence electrons. The number of hydrogen-bond donors (Lipinski definition) is 8. The van der Waals surface area contributed by atoms with Crippen LogP contribution in [0.15, 0.2) is 59.5 Å². The third kappa shape index (κ3) is 16.1. The lowest BCUT2D eigenvalue weighted by Crippen LogP contribution is -2.45. The van der Waals surface area contributed by atoms with Crippen LogP contribution in [0.3, 0.4) is 0 Å². The van der Waals surface area contributed by atoms with Crippen molar-refractivity contribution in [3.63, 3.8) is 0 Å². The first kappa shape index (κ1) is 63.6. The zero-order chi connectivity index (χ0) is 60.1. The van der Waals surface area contributed by atoms with Gasteiger partial charge >= 0.3 is 25.4 Å². The van der Waals surface area contributed by atoms with E-state index >= 15 is 0 Å². The fourth-order valence-corrected chi connectivity index (χ4v) is 15.9. The molecule has 1 amide bonds. The Balaban J connectivity index is 0.000000154. The van der Waals surface area contributed by atoms with E-state index < -0.39 is 36.5 Å². The number of imidazole rings is 2. The number of nitrogens with zero attached hydrogens (tertiary/aromatic N) is 12. The molecular weight excluding hydrogens is 1170 g/mol. The number of rotatable bonds is 17. The average molecular weight is 1240 g/mol. The lowest BCUT2D eigenvalue weighted by Gasteiger charge is -2.52. The van der Waals surface area contributed by atoms with E-state index in [0.29, 0.717) is 76.1 Å². The normalized spacial score (nSPS) is 23.7. The summed E-state index contributed by atoms with van der Waals surface area (Å²) in [7, 11) is 0.662. The second kappa shape index (κ2) is 29.6. The summed E-state index contributed by atoms with van der Waals surface area (Å²) in [6.07, 6.45) is 20.3. The summed E-state index contributed by atoms with van der Waals surface area (Å²) < 4.78 is 20.8. The minimum atomic E-state index is -2.84. The molecule has 5 fully saturated rings. The molecular formula is C53H72Cl2N17O10PS. The maximum absolute atomic E-state index is 12.4. The van der Waals surface area contributed by atoms with Gasteiger partial charge in [-0.1, -0.05) is 12.8 Å². The van der Waals surface area contributed by atoms with E-state index in [1.807, 2.05) is 11.9 Å². The fourth-order valence-electron chi connectivity index (χ4n) is 12.3. The monoisotopic (exact) mass is 1240 g/mol. The van der Waals surface area contributed by atoms with E-state index in [4.69, 9.17) is 44.3 Å². The number of carbonyl (C=O) groups excluding carboxylic acids is 1. The number of aliphatic carboxylic acids is 2. The van der Waals surface area contributed by atoms with Gasteiger partial charge in [-0.3, -0.25) is 14.2 Å². The van der Waals surface area contributed by atoms with Gasteiger partial charge in [0.2, 0.25) is 12.3 Å². The quantitative estimate of drug-likeness (QED) is 0.0146. The molecule has 6 aromatic rings. The number of nitrogens with one attached hydrogen (secondary N) is 3. The maximum atomic E-state index is 12.4. The van der Waals surface area contributed by atoms with Crippen LogP contribution in [0.1, 0.15) is 99.5 Å². The number of fused-ring (bicyclic) bond motifs is 7. The van der Waals surface area contributed by atoms with E-state index in [0.717, 1.165) is 78.8 Å². The number of H-pyrrole nitrogens is 1. The third-order valence-corrected chi connectivity index (χ3v) is 20.0. The average Bonchev–Trinajstić information content (AvgIpc) is 2.74. The number of carboxylic acid groups (broad SMARTS) is 2. The summed E-state index contributed by atoms with van der Waals surface area (Å²) in [4.78, 5) is 81.9. The number of carboxylic acids is 2. The van der Waals surface area contributed by atoms with Gasteiger partial charge in [-0.15, -0.1) is 23.2 Å². The molecule has 27 nitrogen and oxygen atoms in total. The molecule has 1 aromatic carbocycles. The number of halogens is 2. The standard InChI is InChI=1S/C20H22N8O5.C17H28O.C9H7N7O2S.C7H15Cl2N2O2P/c1-28(9-11-8-23-17-15(24-11)16(21)26-20(22)27-17)12-4-2-10(3-5-12)18(31)25-13(19(32)33)6-7-14(29)30;18-13-6-9-15-12(10-13)5-8-16-14-3-1-2-11(14)4-7-17(15)16;1-15-4-14-7(16(17)18)9(15)19-8-5-6(11-2-10-5)12-3-13-8;8-2-5-11(6-3-9)14(12)10-4-1-7-13-14/h2-5,8,13H,6-7,9H2,1H3,(H,25,31)(H,29,30)(H,32,33)(H4,21,22,23,26,27);11-18H,1-10H2;2-4H,1H3,(H,10,11,12,13);1-7H2,(H,10,12)/t13-;;;/m0.../s1. The number of nitro groups is 1. The molecule has 5 aliphatic rings. The second-order valence-corrected chi connectivity index (χ2v) is 25.4. The molecule has 5 aromatic heterocycles. The van der Waals surface area contributed by atoms with Crippen LogP contribution in [0, 0.1) is 45.6 Å². The van der Waals surface area contributed by atoms with Crippen LogP contribution in [-0.2, 0) is 32.3 Å². The number of amides is 1. The van der Waals surface area contributed by atoms with Crippen molar-refractivity contribution in [2.45, 2.75) is 112 Å². The molecule has 31 heteroatoms. The SMILES string of the molecule is CN(Cc1cnc2nc(N)nc(N)c2n1)c1ccc(C(=O)N[C@@H](CCC(=O)O)C(=O)O)cc1.Cn1cnc([N+](=O)[O-])c1Sc1ncnc2nc[nH]c12.O=P1(N(CCCl)CCCl)NCCCO1.OC1CCC2C(CCC3C4CCCC4CCC23)C1. The Morgan fingerprint density at radius 2 is 1.63 bits per heavy atom. The highest BCUT2D eigenvalue weighted by Gasteiger charge is 2.49. The smallest absolute Gasteiger partial charge is 0.396 e. The van der Waals surface area contributed by atoms with Gasteiger partial charge < -0.3 is 61.2 Å². The number of nitrogen functional groups attached to an aromatic ring is 2. The Morgan fingerprint density at radius 1 is 0.917 bits per heavy atom. The van der Waals surface area contributed by atoms with Crippen LogP contribution in [0.25, 0.3) is 22.3 Å². The molecule has 10 N–H and O–H groups in total. The van der Waals surface area contributed by atoms with Crippen LogP contribution in [0.2, 0.25) is 0 Å². The second-order valence-electron chi connectivity index (χ2n) is 21.5. The van der Waals surface area contributed by atoms with Gasteiger partial charge in [-0.2, -0.15) is 9.97 Å². The summed E-state index contributed by atoms with van der Waals surface area (Å²) in [6.45, 7) is 2.68. The molecule has 1 aliphatic heterocycles. The molecule has 9 atom stereocenters. The number of aryl methyl sites for hydroxylation is 1. The highest BCUT2D eigenvalue weighted by atomic mass is 35.5. The fraction of sp³-hybridized carbons (Fsp3) is 0.566. The minimum Gasteiger partial charge on any atom is -0.481 e. The predicted octanol–water partition coefficient (Wildman–Crippen LogP) is 7.30. The van der Waals surface area contributed by atoms with Gasteiger partial charge in [-0.05, 0) is 146 Å². The summed E-state index contributed by atoms with van der Waals surface area (Å²) in [5.41, 5.74) is 14.8. The van der Waals surface area contributed by atoms with Crippen LogP contribution in [-0.4, -0.2) is 149 Å². The van der Waals surface area contributed by atoms with Gasteiger partial charge in [0.25, 0.3) is 5.91 Å². The molecule has 0 bridgehead atoms. The predicted molar refractivity (Wildman–Crippen MR) is 316 cm³/mol. The Bertz CT molecular complexity index is 3260. The van der Waals surface area contributed by atoms with Gasteiger partial charge in [0.1, 0.15) is 22.9 Å². The number of hydrogen-bond acceptors (Lipinski definition) is 20. The molecule has 6 heterocycles. The van der Waals surface area contributed by atoms with Crippen molar-refractivity contribution in [2.24, 2.45) is 42.6 Å². The first-order valence-corrected chi connectivity index (χ1v) is 31.5. The van der Waals surface area contributed by atoms with Crippen LogP contribution in [0.5, 0.6) is 0 Å². The number of alkyl halides is 2.